The third kappa shape index (κ3) is 5.24. The number of aryl methyl sites for hydroxylation is 1. The quantitative estimate of drug-likeness (QED) is 0.474. The molecule has 0 atom stereocenters. The second-order valence-electron chi connectivity index (χ2n) is 7.44. The number of hydrogen-bond donors (Lipinski definition) is 2. The van der Waals surface area contributed by atoms with Gasteiger partial charge in [0.15, 0.2) is 0 Å². The summed E-state index contributed by atoms with van der Waals surface area (Å²) in [4.78, 5) is 7.99. The summed E-state index contributed by atoms with van der Waals surface area (Å²) in [5.41, 5.74) is 2.92. The van der Waals surface area contributed by atoms with Gasteiger partial charge in [-0.2, -0.15) is 0 Å². The number of aliphatic hydroxyl groups excluding tert-OH is 1. The fourth-order valence-electron chi connectivity index (χ4n) is 3.58. The highest BCUT2D eigenvalue weighted by molar-refractivity contribution is 7.89. The standard InChI is InChI=1S/C22H24ClN3O4S2/c1-15-25-20-13-26(14-21(20)31-15)17-4-7-22(19(23)12-17)32(28,29)24-9-8-16-2-5-18(6-3-16)30-11-10-27/h2-7,12,24,27H,8-11,13-14H2,1H3. The molecule has 0 bridgehead atoms. The molecule has 0 amide bonds. The van der Waals surface area contributed by atoms with E-state index in [0.29, 0.717) is 18.7 Å². The molecular weight excluding hydrogens is 470 g/mol. The van der Waals surface area contributed by atoms with Crippen LogP contribution in [-0.2, 0) is 29.5 Å². The molecule has 1 aliphatic heterocycles. The van der Waals surface area contributed by atoms with E-state index in [9.17, 15) is 8.42 Å². The van der Waals surface area contributed by atoms with Crippen LogP contribution < -0.4 is 14.4 Å². The van der Waals surface area contributed by atoms with Gasteiger partial charge >= 0.3 is 0 Å². The Morgan fingerprint density at radius 1 is 1.22 bits per heavy atom. The number of thiazole rings is 1. The molecule has 3 aromatic rings. The summed E-state index contributed by atoms with van der Waals surface area (Å²) in [6.45, 7) is 3.89. The molecule has 2 N–H and O–H groups in total. The molecule has 32 heavy (non-hydrogen) atoms. The van der Waals surface area contributed by atoms with Crippen LogP contribution in [0.4, 0.5) is 5.69 Å². The van der Waals surface area contributed by atoms with E-state index in [-0.39, 0.29) is 29.7 Å². The highest BCUT2D eigenvalue weighted by Gasteiger charge is 2.25. The summed E-state index contributed by atoms with van der Waals surface area (Å²) in [7, 11) is -3.73. The smallest absolute Gasteiger partial charge is 0.242 e. The van der Waals surface area contributed by atoms with Crippen molar-refractivity contribution in [3.05, 3.63) is 68.6 Å². The van der Waals surface area contributed by atoms with Gasteiger partial charge in [0.1, 0.15) is 17.3 Å². The van der Waals surface area contributed by atoms with E-state index >= 15 is 0 Å². The Balaban J connectivity index is 1.36. The van der Waals surface area contributed by atoms with Crippen LogP contribution in [0.1, 0.15) is 21.1 Å². The number of benzene rings is 2. The van der Waals surface area contributed by atoms with E-state index in [2.05, 4.69) is 14.6 Å². The molecule has 0 saturated carbocycles. The first-order valence-corrected chi connectivity index (χ1v) is 12.9. The molecule has 4 rings (SSSR count). The van der Waals surface area contributed by atoms with Gasteiger partial charge in [0.05, 0.1) is 35.4 Å². The van der Waals surface area contributed by atoms with Gasteiger partial charge in [0.2, 0.25) is 10.0 Å². The molecule has 0 spiro atoms. The number of rotatable bonds is 9. The van der Waals surface area contributed by atoms with Crippen molar-refractivity contribution in [3.63, 3.8) is 0 Å². The number of ether oxygens (including phenoxy) is 1. The molecule has 0 aliphatic carbocycles. The van der Waals surface area contributed by atoms with Crippen LogP contribution in [0, 0.1) is 6.92 Å². The van der Waals surface area contributed by atoms with Crippen molar-refractivity contribution in [3.8, 4) is 5.75 Å². The van der Waals surface area contributed by atoms with E-state index in [1.807, 2.05) is 19.1 Å². The first kappa shape index (κ1) is 23.0. The molecule has 0 unspecified atom stereocenters. The van der Waals surface area contributed by atoms with Crippen LogP contribution in [0.5, 0.6) is 5.75 Å². The Hall–Kier alpha value is -2.17. The average molecular weight is 494 g/mol. The van der Waals surface area contributed by atoms with Crippen molar-refractivity contribution >= 4 is 38.6 Å². The van der Waals surface area contributed by atoms with Gasteiger partial charge in [-0.1, -0.05) is 23.7 Å². The Morgan fingerprint density at radius 2 is 2.00 bits per heavy atom. The molecule has 0 radical (unpaired) electrons. The fraction of sp³-hybridized carbons (Fsp3) is 0.318. The zero-order valence-corrected chi connectivity index (χ0v) is 19.9. The zero-order valence-electron chi connectivity index (χ0n) is 17.5. The van der Waals surface area contributed by atoms with E-state index in [1.54, 1.807) is 41.7 Å². The highest BCUT2D eigenvalue weighted by Crippen LogP contribution is 2.34. The second-order valence-corrected chi connectivity index (χ2v) is 10.9. The zero-order chi connectivity index (χ0) is 22.7. The van der Waals surface area contributed by atoms with Crippen molar-refractivity contribution in [1.29, 1.82) is 0 Å². The Morgan fingerprint density at radius 3 is 2.69 bits per heavy atom. The maximum atomic E-state index is 12.8. The molecule has 1 aliphatic rings. The number of anilines is 1. The van der Waals surface area contributed by atoms with Crippen LogP contribution in [-0.4, -0.2) is 38.3 Å². The van der Waals surface area contributed by atoms with Crippen molar-refractivity contribution in [2.75, 3.05) is 24.7 Å². The molecule has 7 nitrogen and oxygen atoms in total. The van der Waals surface area contributed by atoms with Crippen molar-refractivity contribution in [1.82, 2.24) is 9.71 Å². The van der Waals surface area contributed by atoms with Gasteiger partial charge in [-0.25, -0.2) is 18.1 Å². The summed E-state index contributed by atoms with van der Waals surface area (Å²) < 4.78 is 33.5. The predicted octanol–water partition coefficient (Wildman–Crippen LogP) is 3.52. The third-order valence-corrected chi connectivity index (χ3v) is 8.06. The fourth-order valence-corrected chi connectivity index (χ4v) is 6.11. The minimum atomic E-state index is -3.73. The van der Waals surface area contributed by atoms with Gasteiger partial charge < -0.3 is 14.7 Å². The lowest BCUT2D eigenvalue weighted by Gasteiger charge is -2.19. The lowest BCUT2D eigenvalue weighted by Crippen LogP contribution is -2.26. The van der Waals surface area contributed by atoms with E-state index < -0.39 is 10.0 Å². The number of nitrogens with zero attached hydrogens (tertiary/aromatic N) is 2. The summed E-state index contributed by atoms with van der Waals surface area (Å²) in [5.74, 6) is 0.661. The van der Waals surface area contributed by atoms with Crippen LogP contribution in [0.3, 0.4) is 0 Å². The Bertz CT molecular complexity index is 1170. The Labute approximate surface area is 196 Å². The molecule has 2 aromatic carbocycles. The normalized spacial score (nSPS) is 13.4. The molecule has 0 saturated heterocycles. The molecule has 10 heteroatoms. The van der Waals surface area contributed by atoms with Gasteiger partial charge in [-0.15, -0.1) is 11.3 Å². The lowest BCUT2D eigenvalue weighted by atomic mass is 10.1. The van der Waals surface area contributed by atoms with Crippen molar-refractivity contribution in [2.45, 2.75) is 31.3 Å². The number of nitrogens with one attached hydrogen (secondary N) is 1. The number of halogens is 1. The van der Waals surface area contributed by atoms with E-state index in [0.717, 1.165) is 28.5 Å². The van der Waals surface area contributed by atoms with Gasteiger partial charge in [0.25, 0.3) is 0 Å². The molecule has 1 aromatic heterocycles. The van der Waals surface area contributed by atoms with Crippen LogP contribution >= 0.6 is 22.9 Å². The number of aliphatic hydroxyl groups is 1. The monoisotopic (exact) mass is 493 g/mol. The summed E-state index contributed by atoms with van der Waals surface area (Å²) in [5, 5.41) is 10.0. The minimum Gasteiger partial charge on any atom is -0.491 e. The first-order valence-electron chi connectivity index (χ1n) is 10.2. The van der Waals surface area contributed by atoms with Crippen molar-refractivity contribution in [2.24, 2.45) is 0 Å². The molecule has 170 valence electrons. The van der Waals surface area contributed by atoms with Crippen LogP contribution in [0.2, 0.25) is 5.02 Å². The minimum absolute atomic E-state index is 0.0443. The summed E-state index contributed by atoms with van der Waals surface area (Å²) in [6, 6.07) is 12.4. The first-order chi connectivity index (χ1) is 15.4. The van der Waals surface area contributed by atoms with Gasteiger partial charge in [-0.3, -0.25) is 0 Å². The number of hydrogen-bond acceptors (Lipinski definition) is 7. The van der Waals surface area contributed by atoms with Crippen molar-refractivity contribution < 1.29 is 18.3 Å². The second kappa shape index (κ2) is 9.76. The number of aromatic nitrogens is 1. The van der Waals surface area contributed by atoms with E-state index in [4.69, 9.17) is 21.4 Å². The van der Waals surface area contributed by atoms with Gasteiger partial charge in [-0.05, 0) is 49.2 Å². The molecule has 0 fully saturated rings. The Kier molecular flexibility index (Phi) is 7.02. The van der Waals surface area contributed by atoms with E-state index in [1.165, 1.54) is 4.88 Å². The SMILES string of the molecule is Cc1nc2c(s1)CN(c1ccc(S(=O)(=O)NCCc3ccc(OCCO)cc3)c(Cl)c1)C2. The number of fused-ring (bicyclic) bond motifs is 1. The lowest BCUT2D eigenvalue weighted by molar-refractivity contribution is 0.201. The molecule has 2 heterocycles. The summed E-state index contributed by atoms with van der Waals surface area (Å²) >= 11 is 8.06. The predicted molar refractivity (Wildman–Crippen MR) is 126 cm³/mol. The van der Waals surface area contributed by atoms with Gasteiger partial charge in [0, 0.05) is 17.1 Å². The largest absolute Gasteiger partial charge is 0.491 e. The molecular formula is C22H24ClN3O4S2. The topological polar surface area (TPSA) is 91.8 Å². The average Bonchev–Trinajstić information content (AvgIpc) is 3.30. The maximum absolute atomic E-state index is 12.8. The highest BCUT2D eigenvalue weighted by atomic mass is 35.5. The maximum Gasteiger partial charge on any atom is 0.242 e. The van der Waals surface area contributed by atoms with Crippen LogP contribution in [0.15, 0.2) is 47.4 Å². The number of sulfonamides is 1. The summed E-state index contributed by atoms with van der Waals surface area (Å²) in [6.07, 6.45) is 0.526. The third-order valence-electron chi connectivity index (χ3n) is 5.12. The van der Waals surface area contributed by atoms with Crippen LogP contribution in [0.25, 0.3) is 0 Å².